The van der Waals surface area contributed by atoms with Crippen LogP contribution in [0.2, 0.25) is 0 Å². The van der Waals surface area contributed by atoms with Crippen LogP contribution in [0, 0.1) is 6.85 Å². The fourth-order valence-corrected chi connectivity index (χ4v) is 14.1. The second-order valence-corrected chi connectivity index (χ2v) is 31.4. The normalized spacial score (nSPS) is 15.8. The third-order valence-electron chi connectivity index (χ3n) is 19.6. The summed E-state index contributed by atoms with van der Waals surface area (Å²) in [5, 5.41) is -0.682. The quantitative estimate of drug-likeness (QED) is 0.141. The minimum absolute atomic E-state index is 0.0367. The standard InChI is InChI=1S/C93H90BN3/c1-59-47-71(95-79-43-31-29-41-72(79)73-42-30-32-44-80(73)95)58-84-85(59)94-78-46-45-64(65-48-66(89(2,3)4)51-67(49-65)90(5,6)7)50-81(78)96(87-74(60-33-21-17-22-34-60)52-68(91(8,9)10)53-75(87)61-35-23-18-24-36-61)82-56-70(93(14,15)16)57-83(86(82)94)97(84)88-76(62-37-25-19-26-38-62)54-69(92(11,12)13)55-77(88)63-39-27-20-28-40-63/h17-58H,1-16H3/i1D3,29D,30D,31D,32D,41D,42D,43D,44D,45D,46D,47D,50D,58D. The number of hydrogen-bond donors (Lipinski definition) is 0. The first-order valence-corrected chi connectivity index (χ1v) is 33.7. The van der Waals surface area contributed by atoms with E-state index in [9.17, 15) is 19.2 Å². The van der Waals surface area contributed by atoms with Crippen molar-refractivity contribution in [3.8, 4) is 61.3 Å². The maximum absolute atomic E-state index is 11.8. The predicted molar refractivity (Wildman–Crippen MR) is 420 cm³/mol. The lowest BCUT2D eigenvalue weighted by Crippen LogP contribution is -2.62. The van der Waals surface area contributed by atoms with Crippen molar-refractivity contribution < 1.29 is 21.9 Å². The molecular formula is C93H90BN3. The van der Waals surface area contributed by atoms with E-state index in [0.29, 0.717) is 44.9 Å². The summed E-state index contributed by atoms with van der Waals surface area (Å²) in [5.74, 6) is 0. The van der Waals surface area contributed by atoms with Crippen LogP contribution in [0.1, 0.15) is 159 Å². The van der Waals surface area contributed by atoms with Crippen LogP contribution in [-0.4, -0.2) is 11.3 Å². The molecule has 480 valence electrons. The molecule has 0 saturated heterocycles. The first-order valence-electron chi connectivity index (χ1n) is 41.7. The zero-order chi connectivity index (χ0) is 81.6. The Hall–Kier alpha value is -9.90. The number of hydrogen-bond acceptors (Lipinski definition) is 2. The zero-order valence-electron chi connectivity index (χ0n) is 74.2. The largest absolute Gasteiger partial charge is 0.310 e. The van der Waals surface area contributed by atoms with Crippen LogP contribution in [-0.2, 0) is 27.1 Å². The summed E-state index contributed by atoms with van der Waals surface area (Å²) in [6, 6.07) is 50.7. The molecule has 0 bridgehead atoms. The van der Waals surface area contributed by atoms with Crippen molar-refractivity contribution in [2.45, 2.75) is 138 Å². The molecule has 0 aliphatic carbocycles. The fraction of sp³-hybridized carbons (Fsp3) is 0.226. The van der Waals surface area contributed by atoms with Crippen molar-refractivity contribution in [1.82, 2.24) is 4.57 Å². The Balaban J connectivity index is 1.27. The minimum atomic E-state index is -3.41. The highest BCUT2D eigenvalue weighted by Gasteiger charge is 2.47. The Labute approximate surface area is 599 Å². The van der Waals surface area contributed by atoms with Crippen LogP contribution in [0.5, 0.6) is 0 Å². The van der Waals surface area contributed by atoms with Gasteiger partial charge in [0.15, 0.2) is 0 Å². The van der Waals surface area contributed by atoms with Gasteiger partial charge in [-0.15, -0.1) is 0 Å². The molecule has 15 rings (SSSR count). The Bertz CT molecular complexity index is 5930. The predicted octanol–water partition coefficient (Wildman–Crippen LogP) is 24.0. The average molecular weight is 1280 g/mol. The van der Waals surface area contributed by atoms with Crippen molar-refractivity contribution >= 4 is 79.0 Å². The molecule has 0 atom stereocenters. The fourth-order valence-electron chi connectivity index (χ4n) is 14.1. The van der Waals surface area contributed by atoms with E-state index in [-0.39, 0.29) is 56.8 Å². The Morgan fingerprint density at radius 2 is 0.701 bits per heavy atom. The van der Waals surface area contributed by atoms with E-state index in [1.807, 2.05) is 114 Å². The number of anilines is 6. The lowest BCUT2D eigenvalue weighted by atomic mass is 9.32. The zero-order valence-corrected chi connectivity index (χ0v) is 58.2. The molecular weight excluding hydrogens is 1170 g/mol. The molecule has 0 amide bonds. The summed E-state index contributed by atoms with van der Waals surface area (Å²) in [4.78, 5) is 4.03. The molecule has 3 nitrogen and oxygen atoms in total. The molecule has 0 radical (unpaired) electrons. The number of fused-ring (bicyclic) bond motifs is 7. The molecule has 0 unspecified atom stereocenters. The monoisotopic (exact) mass is 1280 g/mol. The number of aromatic nitrogens is 1. The van der Waals surface area contributed by atoms with E-state index in [1.54, 1.807) is 0 Å². The smallest absolute Gasteiger partial charge is 0.252 e. The van der Waals surface area contributed by atoms with Crippen molar-refractivity contribution in [1.29, 1.82) is 0 Å². The molecule has 1 aromatic heterocycles. The van der Waals surface area contributed by atoms with Crippen LogP contribution in [0.25, 0.3) is 83.1 Å². The molecule has 0 N–H and O–H groups in total. The molecule has 2 aliphatic heterocycles. The van der Waals surface area contributed by atoms with Crippen molar-refractivity contribution in [3.05, 3.63) is 288 Å². The van der Waals surface area contributed by atoms with Gasteiger partial charge in [-0.3, -0.25) is 0 Å². The molecule has 0 spiro atoms. The van der Waals surface area contributed by atoms with Crippen LogP contribution in [0.4, 0.5) is 34.1 Å². The SMILES string of the molecule is [2H]c1c([2H])c(-c2cc(C(C)(C)C)cc(C(C)(C)C)c2)c([2H])c2c1B1c3c(cc(C(C)(C)C)cc3N(c3c(-c4ccccc4)cc(C(C)(C)C)cc3-c3ccccc3)c3c([2H])c(-n4c5c([2H])c([2H])c([2H])c([2H])c5c5c([2H])c([2H])c([2H])c([2H])c54)c([2H])c(C([2H])([2H])[2H])c31)N2c1c(-c2ccccc2)cc(C(C)(C)C)cc1-c1ccccc1. The highest BCUT2D eigenvalue weighted by atomic mass is 15.2. The summed E-state index contributed by atoms with van der Waals surface area (Å²) in [5.41, 5.74) is 8.45. The second kappa shape index (κ2) is 23.2. The number of rotatable bonds is 8. The second-order valence-electron chi connectivity index (χ2n) is 31.4. The highest BCUT2D eigenvalue weighted by Crippen LogP contribution is 2.56. The summed E-state index contributed by atoms with van der Waals surface area (Å²) >= 11 is 0. The van der Waals surface area contributed by atoms with Crippen LogP contribution >= 0.6 is 0 Å². The molecule has 97 heavy (non-hydrogen) atoms. The topological polar surface area (TPSA) is 11.4 Å². The van der Waals surface area contributed by atoms with Gasteiger partial charge in [0.1, 0.15) is 0 Å². The van der Waals surface area contributed by atoms with Crippen LogP contribution in [0.3, 0.4) is 0 Å². The maximum atomic E-state index is 11.8. The summed E-state index contributed by atoms with van der Waals surface area (Å²) in [7, 11) is 0. The maximum Gasteiger partial charge on any atom is 0.252 e. The van der Waals surface area contributed by atoms with Crippen molar-refractivity contribution in [2.24, 2.45) is 0 Å². The van der Waals surface area contributed by atoms with Crippen molar-refractivity contribution in [3.63, 3.8) is 0 Å². The first-order chi connectivity index (χ1) is 52.9. The minimum Gasteiger partial charge on any atom is -0.310 e. The number of benzene rings is 12. The molecule has 2 aliphatic rings. The van der Waals surface area contributed by atoms with E-state index < -0.39 is 123 Å². The van der Waals surface area contributed by atoms with Gasteiger partial charge < -0.3 is 14.4 Å². The summed E-state index contributed by atoms with van der Waals surface area (Å²) in [6.45, 7) is 26.9. The Kier molecular flexibility index (Phi) is 11.2. The van der Waals surface area contributed by atoms with Gasteiger partial charge in [0.05, 0.1) is 40.2 Å². The van der Waals surface area contributed by atoms with Gasteiger partial charge in [-0.05, 0) is 178 Å². The highest BCUT2D eigenvalue weighted by molar-refractivity contribution is 7.00. The van der Waals surface area contributed by atoms with Gasteiger partial charge in [0, 0.05) is 65.6 Å². The molecule has 13 aromatic rings. The van der Waals surface area contributed by atoms with E-state index in [4.69, 9.17) is 2.74 Å². The van der Waals surface area contributed by atoms with Gasteiger partial charge in [0.2, 0.25) is 0 Å². The van der Waals surface area contributed by atoms with Gasteiger partial charge in [-0.25, -0.2) is 0 Å². The molecule has 0 fully saturated rings. The van der Waals surface area contributed by atoms with Crippen LogP contribution < -0.4 is 26.2 Å². The van der Waals surface area contributed by atoms with E-state index in [0.717, 1.165) is 65.8 Å². The molecule has 3 heterocycles. The lowest BCUT2D eigenvalue weighted by Gasteiger charge is -2.47. The lowest BCUT2D eigenvalue weighted by molar-refractivity contribution is 0.569. The molecule has 0 saturated carbocycles. The summed E-state index contributed by atoms with van der Waals surface area (Å²) in [6.07, 6.45) is 0. The Morgan fingerprint density at radius 1 is 0.330 bits per heavy atom. The molecule has 12 aromatic carbocycles. The van der Waals surface area contributed by atoms with E-state index in [2.05, 4.69) is 175 Å². The summed E-state index contributed by atoms with van der Waals surface area (Å²) < 4.78 is 165. The van der Waals surface area contributed by atoms with Gasteiger partial charge in [0.25, 0.3) is 6.71 Å². The Morgan fingerprint density at radius 3 is 1.09 bits per heavy atom. The van der Waals surface area contributed by atoms with Crippen LogP contribution in [0.15, 0.2) is 254 Å². The van der Waals surface area contributed by atoms with Gasteiger partial charge in [-0.1, -0.05) is 297 Å². The van der Waals surface area contributed by atoms with Gasteiger partial charge >= 0.3 is 0 Å². The van der Waals surface area contributed by atoms with E-state index >= 15 is 0 Å². The number of nitrogens with zero attached hydrogens (tertiary/aromatic N) is 3. The van der Waals surface area contributed by atoms with Gasteiger partial charge in [-0.2, -0.15) is 0 Å². The average Bonchev–Trinajstić information content (AvgIpc) is 1.31. The van der Waals surface area contributed by atoms with Crippen molar-refractivity contribution in [2.75, 3.05) is 9.80 Å². The third kappa shape index (κ3) is 11.0. The first kappa shape index (κ1) is 47.1. The number of para-hydroxylation sites is 2. The van der Waals surface area contributed by atoms with E-state index in [1.165, 1.54) is 0 Å². The molecule has 4 heteroatoms. The third-order valence-corrected chi connectivity index (χ3v) is 19.6.